The Morgan fingerprint density at radius 3 is 2.71 bits per heavy atom. The SMILES string of the molecule is CC1CN(c2ccc(C(=O)Nc3cc(F)c4nn(C)cc4c3)c3nc(OCC4CC5(COC5)C4)ncc23)CC(C)N1. The number of halogens is 1. The molecule has 41 heavy (non-hydrogen) atoms. The molecule has 2 atom stereocenters. The van der Waals surface area contributed by atoms with Gasteiger partial charge in [-0.2, -0.15) is 10.1 Å². The Kier molecular flexibility index (Phi) is 6.31. The molecule has 2 N–H and O–H groups in total. The maximum Gasteiger partial charge on any atom is 0.316 e. The summed E-state index contributed by atoms with van der Waals surface area (Å²) in [6.07, 6.45) is 5.65. The van der Waals surface area contributed by atoms with Gasteiger partial charge >= 0.3 is 6.01 Å². The van der Waals surface area contributed by atoms with Crippen LogP contribution in [0.2, 0.25) is 0 Å². The molecule has 2 aliphatic heterocycles. The highest BCUT2D eigenvalue weighted by Crippen LogP contribution is 2.50. The molecule has 2 unspecified atom stereocenters. The van der Waals surface area contributed by atoms with Gasteiger partial charge in [0.05, 0.1) is 30.9 Å². The molecule has 1 saturated carbocycles. The van der Waals surface area contributed by atoms with Crippen LogP contribution >= 0.6 is 0 Å². The number of carbonyl (C=O) groups is 1. The van der Waals surface area contributed by atoms with Crippen molar-refractivity contribution in [1.82, 2.24) is 25.1 Å². The van der Waals surface area contributed by atoms with Crippen molar-refractivity contribution in [2.24, 2.45) is 18.4 Å². The summed E-state index contributed by atoms with van der Waals surface area (Å²) >= 11 is 0. The molecule has 214 valence electrons. The number of fused-ring (bicyclic) bond motifs is 2. The first-order valence-corrected chi connectivity index (χ1v) is 14.2. The summed E-state index contributed by atoms with van der Waals surface area (Å²) in [4.78, 5) is 25.2. The zero-order valence-electron chi connectivity index (χ0n) is 23.5. The van der Waals surface area contributed by atoms with E-state index in [1.54, 1.807) is 36.3 Å². The fourth-order valence-corrected chi connectivity index (χ4v) is 6.73. The molecule has 3 fully saturated rings. The zero-order valence-corrected chi connectivity index (χ0v) is 23.5. The van der Waals surface area contributed by atoms with Crippen molar-refractivity contribution >= 4 is 39.1 Å². The molecule has 0 bridgehead atoms. The molecular formula is C30H34FN7O3. The number of hydrogen-bond acceptors (Lipinski definition) is 8. The Labute approximate surface area is 237 Å². The van der Waals surface area contributed by atoms with E-state index in [4.69, 9.17) is 14.5 Å². The highest BCUT2D eigenvalue weighted by molar-refractivity contribution is 6.14. The average Bonchev–Trinajstić information content (AvgIpc) is 3.26. The first-order valence-electron chi connectivity index (χ1n) is 14.2. The Balaban J connectivity index is 1.20. The first-order chi connectivity index (χ1) is 19.7. The number of rotatable bonds is 6. The molecule has 1 amide bonds. The minimum Gasteiger partial charge on any atom is -0.463 e. The maximum atomic E-state index is 14.7. The summed E-state index contributed by atoms with van der Waals surface area (Å²) in [7, 11) is 1.73. The van der Waals surface area contributed by atoms with E-state index >= 15 is 0 Å². The van der Waals surface area contributed by atoms with Gasteiger partial charge in [0.15, 0.2) is 5.82 Å². The van der Waals surface area contributed by atoms with Crippen LogP contribution in [0.3, 0.4) is 0 Å². The predicted molar refractivity (Wildman–Crippen MR) is 154 cm³/mol. The fraction of sp³-hybridized carbons (Fsp3) is 0.467. The molecule has 2 saturated heterocycles. The lowest BCUT2D eigenvalue weighted by molar-refractivity contribution is -0.183. The Bertz CT molecular complexity index is 1630. The van der Waals surface area contributed by atoms with Crippen molar-refractivity contribution in [3.63, 3.8) is 0 Å². The van der Waals surface area contributed by atoms with Crippen LogP contribution in [0.15, 0.2) is 36.7 Å². The van der Waals surface area contributed by atoms with Gasteiger partial charge in [0.1, 0.15) is 5.52 Å². The number of hydrogen-bond donors (Lipinski definition) is 2. The third-order valence-corrected chi connectivity index (χ3v) is 8.49. The van der Waals surface area contributed by atoms with Gasteiger partial charge in [-0.25, -0.2) is 9.37 Å². The Morgan fingerprint density at radius 2 is 1.98 bits per heavy atom. The van der Waals surface area contributed by atoms with E-state index < -0.39 is 5.82 Å². The number of piperazine rings is 1. The summed E-state index contributed by atoms with van der Waals surface area (Å²) in [6, 6.07) is 7.60. The highest BCUT2D eigenvalue weighted by Gasteiger charge is 2.49. The van der Waals surface area contributed by atoms with E-state index in [1.807, 2.05) is 6.07 Å². The zero-order chi connectivity index (χ0) is 28.3. The topological polar surface area (TPSA) is 106 Å². The lowest BCUT2D eigenvalue weighted by Gasteiger charge is -2.53. The molecule has 4 heterocycles. The van der Waals surface area contributed by atoms with Crippen molar-refractivity contribution in [2.45, 2.75) is 38.8 Å². The summed E-state index contributed by atoms with van der Waals surface area (Å²) in [5.41, 5.74) is 2.80. The van der Waals surface area contributed by atoms with Crippen LogP contribution in [-0.2, 0) is 11.8 Å². The van der Waals surface area contributed by atoms with E-state index in [1.165, 1.54) is 6.07 Å². The summed E-state index contributed by atoms with van der Waals surface area (Å²) < 4.78 is 27.7. The van der Waals surface area contributed by atoms with E-state index in [2.05, 4.69) is 39.5 Å². The van der Waals surface area contributed by atoms with Crippen molar-refractivity contribution in [3.05, 3.63) is 48.0 Å². The van der Waals surface area contributed by atoms with Crippen molar-refractivity contribution in [2.75, 3.05) is 43.1 Å². The van der Waals surface area contributed by atoms with Crippen LogP contribution in [0, 0.1) is 17.2 Å². The quantitative estimate of drug-likeness (QED) is 0.367. The summed E-state index contributed by atoms with van der Waals surface area (Å²) in [6.45, 7) is 8.19. The normalized spacial score (nSPS) is 22.1. The monoisotopic (exact) mass is 559 g/mol. The van der Waals surface area contributed by atoms with Gasteiger partial charge in [-0.3, -0.25) is 9.48 Å². The first kappa shape index (κ1) is 26.1. The number of aromatic nitrogens is 4. The maximum absolute atomic E-state index is 14.7. The summed E-state index contributed by atoms with van der Waals surface area (Å²) in [5.74, 6) is -0.431. The highest BCUT2D eigenvalue weighted by atomic mass is 19.1. The van der Waals surface area contributed by atoms with Crippen molar-refractivity contribution < 1.29 is 18.7 Å². The number of nitrogens with zero attached hydrogens (tertiary/aromatic N) is 5. The molecule has 1 spiro atoms. The second-order valence-corrected chi connectivity index (χ2v) is 12.2. The Hall–Kier alpha value is -3.83. The van der Waals surface area contributed by atoms with Crippen molar-refractivity contribution in [1.29, 1.82) is 0 Å². The molecule has 3 aliphatic rings. The minimum absolute atomic E-state index is 0.249. The number of nitrogens with one attached hydrogen (secondary N) is 2. The van der Waals surface area contributed by atoms with Crippen molar-refractivity contribution in [3.8, 4) is 6.01 Å². The molecule has 2 aromatic carbocycles. The molecule has 11 heteroatoms. The van der Waals surface area contributed by atoms with Gasteiger partial charge in [-0.05, 0) is 56.9 Å². The van der Waals surface area contributed by atoms with Crippen LogP contribution in [0.4, 0.5) is 15.8 Å². The van der Waals surface area contributed by atoms with Gasteiger partial charge < -0.3 is 25.0 Å². The number of anilines is 2. The standard InChI is InChI=1S/C30H34FN7O3/c1-17-11-38(12-18(2)33-17)25-5-4-22(28(39)34-21-6-20-13-37(3)36-26(20)24(31)7-21)27-23(25)10-32-29(35-27)41-14-19-8-30(9-19)15-40-16-30/h4-7,10,13,17-19,33H,8-9,11-12,14-16H2,1-3H3,(H,34,39). The Morgan fingerprint density at radius 1 is 1.20 bits per heavy atom. The molecule has 2 aromatic heterocycles. The molecule has 1 aliphatic carbocycles. The fourth-order valence-electron chi connectivity index (χ4n) is 6.73. The van der Waals surface area contributed by atoms with Gasteiger partial charge in [-0.15, -0.1) is 0 Å². The van der Waals surface area contributed by atoms with E-state index in [9.17, 15) is 9.18 Å². The molecule has 0 radical (unpaired) electrons. The number of carbonyl (C=O) groups excluding carboxylic acids is 1. The van der Waals surface area contributed by atoms with Gasteiger partial charge in [0.2, 0.25) is 0 Å². The smallest absolute Gasteiger partial charge is 0.316 e. The van der Waals surface area contributed by atoms with Gasteiger partial charge in [0, 0.05) is 72.2 Å². The summed E-state index contributed by atoms with van der Waals surface area (Å²) in [5, 5.41) is 11.9. The van der Waals surface area contributed by atoms with E-state index in [0.29, 0.717) is 52.2 Å². The molecule has 4 aromatic rings. The molecular weight excluding hydrogens is 525 g/mol. The van der Waals surface area contributed by atoms with Crippen LogP contribution in [0.1, 0.15) is 37.0 Å². The minimum atomic E-state index is -0.496. The number of ether oxygens (including phenoxy) is 2. The average molecular weight is 560 g/mol. The van der Waals surface area contributed by atoms with Gasteiger partial charge in [-0.1, -0.05) is 0 Å². The number of aryl methyl sites for hydroxylation is 1. The largest absolute Gasteiger partial charge is 0.463 e. The van der Waals surface area contributed by atoms with E-state index in [-0.39, 0.29) is 17.4 Å². The van der Waals surface area contributed by atoms with Crippen LogP contribution in [0.25, 0.3) is 21.8 Å². The number of benzene rings is 2. The number of amides is 1. The van der Waals surface area contributed by atoms with Gasteiger partial charge in [0.25, 0.3) is 5.91 Å². The van der Waals surface area contributed by atoms with Crippen LogP contribution < -0.4 is 20.3 Å². The third-order valence-electron chi connectivity index (χ3n) is 8.49. The molecule has 7 rings (SSSR count). The lowest BCUT2D eigenvalue weighted by Crippen LogP contribution is -2.54. The van der Waals surface area contributed by atoms with Crippen LogP contribution in [-0.4, -0.2) is 70.6 Å². The van der Waals surface area contributed by atoms with E-state index in [0.717, 1.165) is 50.2 Å². The third kappa shape index (κ3) is 4.87. The second kappa shape index (κ2) is 9.92. The predicted octanol–water partition coefficient (Wildman–Crippen LogP) is 3.90. The lowest BCUT2D eigenvalue weighted by atomic mass is 9.61. The van der Waals surface area contributed by atoms with Crippen LogP contribution in [0.5, 0.6) is 6.01 Å². The second-order valence-electron chi connectivity index (χ2n) is 12.2. The molecule has 10 nitrogen and oxygen atoms in total.